The van der Waals surface area contributed by atoms with Crippen LogP contribution in [0.2, 0.25) is 0 Å². The Hall–Kier alpha value is -0.610. The highest BCUT2D eigenvalue weighted by Crippen LogP contribution is 2.09. The van der Waals surface area contributed by atoms with Gasteiger partial charge in [-0.15, -0.1) is 0 Å². The molecule has 0 aliphatic carbocycles. The molecule has 1 heterocycles. The van der Waals surface area contributed by atoms with Crippen molar-refractivity contribution in [2.45, 2.75) is 31.7 Å². The summed E-state index contributed by atoms with van der Waals surface area (Å²) < 4.78 is 0. The van der Waals surface area contributed by atoms with Crippen molar-refractivity contribution in [1.29, 1.82) is 0 Å². The fourth-order valence-electron chi connectivity index (χ4n) is 1.83. The van der Waals surface area contributed by atoms with Crippen LogP contribution in [-0.2, 0) is 4.79 Å². The standard InChI is InChI=1S/C10H20N2O2/c1-12-7-2-3-9(5-8-12)11-6-4-10(13)14/h9,11H,2-8H2,1H3,(H,13,14). The lowest BCUT2D eigenvalue weighted by molar-refractivity contribution is -0.136. The highest BCUT2D eigenvalue weighted by Gasteiger charge is 2.13. The van der Waals surface area contributed by atoms with Crippen molar-refractivity contribution < 1.29 is 9.90 Å². The van der Waals surface area contributed by atoms with Crippen molar-refractivity contribution in [2.75, 3.05) is 26.7 Å². The van der Waals surface area contributed by atoms with Crippen LogP contribution in [-0.4, -0.2) is 48.7 Å². The second-order valence-electron chi connectivity index (χ2n) is 4.03. The van der Waals surface area contributed by atoms with E-state index in [1.165, 1.54) is 12.8 Å². The Balaban J connectivity index is 2.14. The van der Waals surface area contributed by atoms with Gasteiger partial charge in [0.05, 0.1) is 6.42 Å². The van der Waals surface area contributed by atoms with Gasteiger partial charge in [0, 0.05) is 12.6 Å². The molecule has 1 rings (SSSR count). The molecule has 0 spiro atoms. The summed E-state index contributed by atoms with van der Waals surface area (Å²) in [6.07, 6.45) is 3.74. The van der Waals surface area contributed by atoms with E-state index in [2.05, 4.69) is 17.3 Å². The highest BCUT2D eigenvalue weighted by molar-refractivity contribution is 5.66. The van der Waals surface area contributed by atoms with E-state index < -0.39 is 5.97 Å². The fraction of sp³-hybridized carbons (Fsp3) is 0.900. The summed E-state index contributed by atoms with van der Waals surface area (Å²) in [4.78, 5) is 12.6. The average Bonchev–Trinajstić information content (AvgIpc) is 2.30. The first-order valence-corrected chi connectivity index (χ1v) is 5.32. The van der Waals surface area contributed by atoms with Crippen LogP contribution in [0.25, 0.3) is 0 Å². The SMILES string of the molecule is CN1CCCC(NCCC(=O)O)CC1. The van der Waals surface area contributed by atoms with Crippen molar-refractivity contribution >= 4 is 5.97 Å². The molecule has 4 nitrogen and oxygen atoms in total. The summed E-state index contributed by atoms with van der Waals surface area (Å²) in [7, 11) is 2.14. The van der Waals surface area contributed by atoms with E-state index in [1.807, 2.05) is 0 Å². The second-order valence-corrected chi connectivity index (χ2v) is 4.03. The van der Waals surface area contributed by atoms with Gasteiger partial charge in [-0.05, 0) is 39.4 Å². The van der Waals surface area contributed by atoms with Gasteiger partial charge < -0.3 is 15.3 Å². The molecule has 2 N–H and O–H groups in total. The van der Waals surface area contributed by atoms with Crippen LogP contribution >= 0.6 is 0 Å². The van der Waals surface area contributed by atoms with Crippen molar-refractivity contribution in [1.82, 2.24) is 10.2 Å². The van der Waals surface area contributed by atoms with Crippen LogP contribution in [0.1, 0.15) is 25.7 Å². The van der Waals surface area contributed by atoms with Gasteiger partial charge in [-0.3, -0.25) is 4.79 Å². The third kappa shape index (κ3) is 4.58. The van der Waals surface area contributed by atoms with Crippen molar-refractivity contribution in [3.05, 3.63) is 0 Å². The third-order valence-corrected chi connectivity index (χ3v) is 2.72. The maximum absolute atomic E-state index is 10.3. The van der Waals surface area contributed by atoms with Crippen LogP contribution in [0.4, 0.5) is 0 Å². The Morgan fingerprint density at radius 2 is 2.29 bits per heavy atom. The van der Waals surface area contributed by atoms with Crippen molar-refractivity contribution in [3.8, 4) is 0 Å². The first-order chi connectivity index (χ1) is 6.68. The lowest BCUT2D eigenvalue weighted by Gasteiger charge is -2.15. The summed E-state index contributed by atoms with van der Waals surface area (Å²) in [6, 6.07) is 0.513. The van der Waals surface area contributed by atoms with Gasteiger partial charge in [-0.25, -0.2) is 0 Å². The highest BCUT2D eigenvalue weighted by atomic mass is 16.4. The summed E-state index contributed by atoms with van der Waals surface area (Å²) in [6.45, 7) is 2.88. The molecule has 1 fully saturated rings. The molecule has 0 bridgehead atoms. The Morgan fingerprint density at radius 3 is 3.00 bits per heavy atom. The van der Waals surface area contributed by atoms with E-state index in [-0.39, 0.29) is 6.42 Å². The van der Waals surface area contributed by atoms with Crippen LogP contribution in [0.15, 0.2) is 0 Å². The molecule has 1 unspecified atom stereocenters. The Labute approximate surface area is 85.3 Å². The Morgan fingerprint density at radius 1 is 1.50 bits per heavy atom. The molecular weight excluding hydrogens is 180 g/mol. The van der Waals surface area contributed by atoms with E-state index in [4.69, 9.17) is 5.11 Å². The van der Waals surface area contributed by atoms with Gasteiger partial charge in [0.2, 0.25) is 0 Å². The van der Waals surface area contributed by atoms with E-state index in [0.29, 0.717) is 12.6 Å². The minimum absolute atomic E-state index is 0.229. The van der Waals surface area contributed by atoms with Crippen LogP contribution in [0.5, 0.6) is 0 Å². The second kappa shape index (κ2) is 5.98. The average molecular weight is 200 g/mol. The lowest BCUT2D eigenvalue weighted by atomic mass is 10.1. The zero-order valence-corrected chi connectivity index (χ0v) is 8.83. The number of carbonyl (C=O) groups is 1. The molecule has 1 aliphatic rings. The van der Waals surface area contributed by atoms with Crippen molar-refractivity contribution in [2.24, 2.45) is 0 Å². The summed E-state index contributed by atoms with van der Waals surface area (Å²) in [5.74, 6) is -0.719. The number of nitrogens with zero attached hydrogens (tertiary/aromatic N) is 1. The van der Waals surface area contributed by atoms with Crippen LogP contribution < -0.4 is 5.32 Å². The molecule has 0 aromatic carbocycles. The third-order valence-electron chi connectivity index (χ3n) is 2.72. The minimum atomic E-state index is -0.719. The predicted molar refractivity (Wildman–Crippen MR) is 55.4 cm³/mol. The van der Waals surface area contributed by atoms with Gasteiger partial charge in [0.1, 0.15) is 0 Å². The molecule has 0 aromatic rings. The normalized spacial score (nSPS) is 24.5. The topological polar surface area (TPSA) is 52.6 Å². The predicted octanol–water partition coefficient (Wildman–Crippen LogP) is 0.535. The molecule has 1 saturated heterocycles. The number of hydrogen-bond donors (Lipinski definition) is 2. The number of rotatable bonds is 4. The molecule has 0 amide bonds. The van der Waals surface area contributed by atoms with E-state index in [0.717, 1.165) is 19.5 Å². The minimum Gasteiger partial charge on any atom is -0.481 e. The maximum atomic E-state index is 10.3. The zero-order valence-electron chi connectivity index (χ0n) is 8.83. The quantitative estimate of drug-likeness (QED) is 0.695. The van der Waals surface area contributed by atoms with Crippen molar-refractivity contribution in [3.63, 3.8) is 0 Å². The first kappa shape index (κ1) is 11.5. The van der Waals surface area contributed by atoms with Gasteiger partial charge in [-0.2, -0.15) is 0 Å². The smallest absolute Gasteiger partial charge is 0.304 e. The molecule has 0 radical (unpaired) electrons. The first-order valence-electron chi connectivity index (χ1n) is 5.32. The molecule has 1 atom stereocenters. The molecule has 0 aromatic heterocycles. The van der Waals surface area contributed by atoms with Gasteiger partial charge in [-0.1, -0.05) is 0 Å². The molecule has 4 heteroatoms. The Kier molecular flexibility index (Phi) is 4.90. The van der Waals surface area contributed by atoms with Gasteiger partial charge in [0.15, 0.2) is 0 Å². The number of likely N-dealkylation sites (tertiary alicyclic amines) is 1. The summed E-state index contributed by atoms with van der Waals surface area (Å²) >= 11 is 0. The summed E-state index contributed by atoms with van der Waals surface area (Å²) in [5.41, 5.74) is 0. The molecule has 82 valence electrons. The van der Waals surface area contributed by atoms with E-state index >= 15 is 0 Å². The van der Waals surface area contributed by atoms with Crippen LogP contribution in [0.3, 0.4) is 0 Å². The lowest BCUT2D eigenvalue weighted by Crippen LogP contribution is -2.31. The van der Waals surface area contributed by atoms with Gasteiger partial charge in [0.25, 0.3) is 0 Å². The largest absolute Gasteiger partial charge is 0.481 e. The van der Waals surface area contributed by atoms with E-state index in [1.54, 1.807) is 0 Å². The summed E-state index contributed by atoms with van der Waals surface area (Å²) in [5, 5.41) is 11.8. The number of aliphatic carboxylic acids is 1. The molecule has 14 heavy (non-hydrogen) atoms. The van der Waals surface area contributed by atoms with Crippen LogP contribution in [0, 0.1) is 0 Å². The molecule has 1 aliphatic heterocycles. The molecule has 0 saturated carbocycles. The number of carboxylic acid groups (broad SMARTS) is 1. The number of carboxylic acids is 1. The Bertz CT molecular complexity index is 185. The number of nitrogens with one attached hydrogen (secondary N) is 1. The number of hydrogen-bond acceptors (Lipinski definition) is 3. The van der Waals surface area contributed by atoms with E-state index in [9.17, 15) is 4.79 Å². The van der Waals surface area contributed by atoms with Gasteiger partial charge >= 0.3 is 5.97 Å². The fourth-order valence-corrected chi connectivity index (χ4v) is 1.83. The monoisotopic (exact) mass is 200 g/mol. The zero-order chi connectivity index (χ0) is 10.4. The molecular formula is C10H20N2O2. The maximum Gasteiger partial charge on any atom is 0.304 e.